The Balaban J connectivity index is 1.58. The molecular weight excluding hydrogens is 416 g/mol. The molecule has 0 saturated heterocycles. The third-order valence-electron chi connectivity index (χ3n) is 5.15. The first-order chi connectivity index (χ1) is 14.8. The van der Waals surface area contributed by atoms with Crippen LogP contribution in [0.1, 0.15) is 19.4 Å². The van der Waals surface area contributed by atoms with E-state index in [0.29, 0.717) is 11.3 Å². The van der Waals surface area contributed by atoms with E-state index in [4.69, 9.17) is 4.74 Å². The molecule has 2 aromatic carbocycles. The fraction of sp³-hybridized carbons (Fsp3) is 0.261. The van der Waals surface area contributed by atoms with E-state index in [1.165, 1.54) is 4.31 Å². The Labute approximate surface area is 181 Å². The molecule has 31 heavy (non-hydrogen) atoms. The van der Waals surface area contributed by atoms with Crippen LogP contribution in [0.5, 0.6) is 5.75 Å². The fourth-order valence-electron chi connectivity index (χ4n) is 3.78. The number of sulfonamides is 1. The maximum atomic E-state index is 13.1. The van der Waals surface area contributed by atoms with Gasteiger partial charge in [-0.1, -0.05) is 18.2 Å². The molecule has 0 atom stereocenters. The van der Waals surface area contributed by atoms with E-state index in [9.17, 15) is 18.3 Å². The van der Waals surface area contributed by atoms with Gasteiger partial charge in [-0.2, -0.15) is 4.31 Å². The second-order valence-corrected chi connectivity index (χ2v) is 9.68. The number of hydrogen-bond donors (Lipinski definition) is 1. The number of nitrogens with zero attached hydrogens (tertiary/aromatic N) is 2. The van der Waals surface area contributed by atoms with E-state index in [0.717, 1.165) is 16.6 Å². The second kappa shape index (κ2) is 8.20. The van der Waals surface area contributed by atoms with E-state index < -0.39 is 16.0 Å². The Morgan fingerprint density at radius 1 is 1.13 bits per heavy atom. The maximum absolute atomic E-state index is 13.1. The predicted octanol–water partition coefficient (Wildman–Crippen LogP) is 3.60. The average molecular weight is 441 g/mol. The van der Waals surface area contributed by atoms with Gasteiger partial charge in [-0.3, -0.25) is 4.79 Å². The highest BCUT2D eigenvalue weighted by molar-refractivity contribution is 7.89. The zero-order chi connectivity index (χ0) is 22.2. The molecule has 0 fully saturated rings. The van der Waals surface area contributed by atoms with Gasteiger partial charge in [0.05, 0.1) is 29.5 Å². The van der Waals surface area contributed by atoms with Crippen molar-refractivity contribution in [3.05, 3.63) is 66.4 Å². The number of para-hydroxylation sites is 1. The van der Waals surface area contributed by atoms with Crippen molar-refractivity contribution >= 4 is 32.6 Å². The Hall–Kier alpha value is -3.10. The molecule has 0 saturated carbocycles. The molecule has 8 heteroatoms. The summed E-state index contributed by atoms with van der Waals surface area (Å²) < 4.78 is 35.1. The van der Waals surface area contributed by atoms with Crippen molar-refractivity contribution in [2.45, 2.75) is 31.3 Å². The SMILES string of the molecule is CC(C)Oc1ccc(S(=O)(=O)N2CC=C(n3cc(CC(=O)O)c4ccccc43)C2)cc1. The minimum absolute atomic E-state index is 0.00945. The van der Waals surface area contributed by atoms with Crippen LogP contribution in [-0.4, -0.2) is 47.6 Å². The number of carboxylic acids is 1. The van der Waals surface area contributed by atoms with Crippen LogP contribution in [0, 0.1) is 0 Å². The number of aliphatic carboxylic acids is 1. The van der Waals surface area contributed by atoms with Crippen LogP contribution in [0.25, 0.3) is 16.6 Å². The molecule has 0 spiro atoms. The molecule has 1 aliphatic heterocycles. The summed E-state index contributed by atoms with van der Waals surface area (Å²) in [5.74, 6) is -0.281. The Kier molecular flexibility index (Phi) is 5.60. The molecule has 0 radical (unpaired) electrons. The fourth-order valence-corrected chi connectivity index (χ4v) is 5.13. The van der Waals surface area contributed by atoms with E-state index in [1.54, 1.807) is 30.5 Å². The van der Waals surface area contributed by atoms with Gasteiger partial charge in [0, 0.05) is 23.8 Å². The lowest BCUT2D eigenvalue weighted by Gasteiger charge is -2.17. The maximum Gasteiger partial charge on any atom is 0.307 e. The summed E-state index contributed by atoms with van der Waals surface area (Å²) in [5.41, 5.74) is 2.36. The smallest absolute Gasteiger partial charge is 0.307 e. The van der Waals surface area contributed by atoms with Crippen LogP contribution < -0.4 is 4.74 Å². The predicted molar refractivity (Wildman–Crippen MR) is 119 cm³/mol. The van der Waals surface area contributed by atoms with Gasteiger partial charge < -0.3 is 14.4 Å². The van der Waals surface area contributed by atoms with Gasteiger partial charge in [0.2, 0.25) is 10.0 Å². The topological polar surface area (TPSA) is 88.8 Å². The quantitative estimate of drug-likeness (QED) is 0.606. The summed E-state index contributed by atoms with van der Waals surface area (Å²) in [7, 11) is -3.67. The average Bonchev–Trinajstić information content (AvgIpc) is 3.34. The first-order valence-electron chi connectivity index (χ1n) is 10.0. The van der Waals surface area contributed by atoms with Gasteiger partial charge in [-0.15, -0.1) is 0 Å². The van der Waals surface area contributed by atoms with Crippen LogP contribution in [-0.2, 0) is 21.2 Å². The van der Waals surface area contributed by atoms with E-state index in [1.807, 2.05) is 48.8 Å². The zero-order valence-electron chi connectivity index (χ0n) is 17.4. The molecular formula is C23H24N2O5S. The molecule has 1 N–H and O–H groups in total. The highest BCUT2D eigenvalue weighted by atomic mass is 32.2. The number of fused-ring (bicyclic) bond motifs is 1. The van der Waals surface area contributed by atoms with Crippen LogP contribution >= 0.6 is 0 Å². The van der Waals surface area contributed by atoms with Crippen LogP contribution in [0.3, 0.4) is 0 Å². The van der Waals surface area contributed by atoms with Crippen molar-refractivity contribution in [3.63, 3.8) is 0 Å². The largest absolute Gasteiger partial charge is 0.491 e. The highest BCUT2D eigenvalue weighted by Gasteiger charge is 2.29. The summed E-state index contributed by atoms with van der Waals surface area (Å²) in [6.07, 6.45) is 3.58. The molecule has 1 aliphatic rings. The second-order valence-electron chi connectivity index (χ2n) is 7.74. The summed E-state index contributed by atoms with van der Waals surface area (Å²) in [6.45, 7) is 4.28. The lowest BCUT2D eigenvalue weighted by molar-refractivity contribution is -0.136. The Bertz CT molecular complexity index is 1260. The number of aromatic nitrogens is 1. The highest BCUT2D eigenvalue weighted by Crippen LogP contribution is 2.29. The monoisotopic (exact) mass is 440 g/mol. The van der Waals surface area contributed by atoms with Crippen molar-refractivity contribution in [1.29, 1.82) is 0 Å². The minimum Gasteiger partial charge on any atom is -0.491 e. The lowest BCUT2D eigenvalue weighted by atomic mass is 10.1. The molecule has 2 heterocycles. The zero-order valence-corrected chi connectivity index (χ0v) is 18.2. The van der Waals surface area contributed by atoms with Gasteiger partial charge in [0.25, 0.3) is 0 Å². The third-order valence-corrected chi connectivity index (χ3v) is 6.97. The first kappa shape index (κ1) is 21.1. The summed E-state index contributed by atoms with van der Waals surface area (Å²) >= 11 is 0. The normalized spacial score (nSPS) is 14.9. The van der Waals surface area contributed by atoms with Crippen molar-refractivity contribution in [2.24, 2.45) is 0 Å². The first-order valence-corrected chi connectivity index (χ1v) is 11.5. The van der Waals surface area contributed by atoms with Gasteiger partial charge in [0.1, 0.15) is 5.75 Å². The molecule has 162 valence electrons. The molecule has 7 nitrogen and oxygen atoms in total. The number of carbonyl (C=O) groups is 1. The van der Waals surface area contributed by atoms with E-state index in [-0.39, 0.29) is 30.5 Å². The molecule has 0 amide bonds. The molecule has 0 bridgehead atoms. The Morgan fingerprint density at radius 3 is 2.52 bits per heavy atom. The standard InChI is InChI=1S/C23H24N2O5S/c1-16(2)30-19-7-9-20(10-8-19)31(28,29)24-12-11-18(15-24)25-14-17(13-23(26)27)21-5-3-4-6-22(21)25/h3-11,14,16H,12-13,15H2,1-2H3,(H,26,27). The third kappa shape index (κ3) is 4.22. The molecule has 1 aromatic heterocycles. The number of benzene rings is 2. The van der Waals surface area contributed by atoms with Gasteiger partial charge in [0.15, 0.2) is 0 Å². The Morgan fingerprint density at radius 2 is 1.84 bits per heavy atom. The van der Waals surface area contributed by atoms with Crippen molar-refractivity contribution in [3.8, 4) is 5.75 Å². The summed E-state index contributed by atoms with van der Waals surface area (Å²) in [4.78, 5) is 11.5. The van der Waals surface area contributed by atoms with Crippen molar-refractivity contribution in [2.75, 3.05) is 13.1 Å². The van der Waals surface area contributed by atoms with E-state index >= 15 is 0 Å². The number of hydrogen-bond acceptors (Lipinski definition) is 4. The molecule has 3 aromatic rings. The summed E-state index contributed by atoms with van der Waals surface area (Å²) in [6, 6.07) is 14.0. The molecule has 4 rings (SSSR count). The van der Waals surface area contributed by atoms with E-state index in [2.05, 4.69) is 0 Å². The number of rotatable bonds is 7. The molecule has 0 aliphatic carbocycles. The van der Waals surface area contributed by atoms with Gasteiger partial charge in [-0.25, -0.2) is 8.42 Å². The van der Waals surface area contributed by atoms with Crippen LogP contribution in [0.2, 0.25) is 0 Å². The van der Waals surface area contributed by atoms with Gasteiger partial charge >= 0.3 is 5.97 Å². The lowest BCUT2D eigenvalue weighted by Crippen LogP contribution is -2.29. The minimum atomic E-state index is -3.67. The summed E-state index contributed by atoms with van der Waals surface area (Å²) in [5, 5.41) is 10.1. The number of carboxylic acid groups (broad SMARTS) is 1. The number of ether oxygens (including phenoxy) is 1. The van der Waals surface area contributed by atoms with Crippen LogP contribution in [0.15, 0.2) is 65.7 Å². The van der Waals surface area contributed by atoms with Crippen molar-refractivity contribution < 1.29 is 23.1 Å². The van der Waals surface area contributed by atoms with Crippen molar-refractivity contribution in [1.82, 2.24) is 8.87 Å². The van der Waals surface area contributed by atoms with Gasteiger partial charge in [-0.05, 0) is 55.8 Å². The molecule has 0 unspecified atom stereocenters. The van der Waals surface area contributed by atoms with Crippen LogP contribution in [0.4, 0.5) is 0 Å².